The molecule has 1 amide bonds. The van der Waals surface area contributed by atoms with Gasteiger partial charge in [0.2, 0.25) is 5.91 Å². The monoisotopic (exact) mass is 442 g/mol. The van der Waals surface area contributed by atoms with Crippen LogP contribution in [0.3, 0.4) is 0 Å². The summed E-state index contributed by atoms with van der Waals surface area (Å²) in [6, 6.07) is 18.7. The van der Waals surface area contributed by atoms with Crippen LogP contribution in [-0.2, 0) is 24.8 Å². The van der Waals surface area contributed by atoms with Gasteiger partial charge in [0.25, 0.3) is 5.56 Å². The molecule has 0 radical (unpaired) electrons. The fourth-order valence-corrected chi connectivity index (χ4v) is 5.15. The molecule has 0 N–H and O–H groups in total. The molecule has 1 aliphatic rings. The average Bonchev–Trinajstić information content (AvgIpc) is 3.17. The van der Waals surface area contributed by atoms with E-state index in [1.807, 2.05) is 29.2 Å². The number of hydrogen-bond acceptors (Lipinski definition) is 3. The van der Waals surface area contributed by atoms with Crippen LogP contribution in [-0.4, -0.2) is 38.2 Å². The van der Waals surface area contributed by atoms with Crippen molar-refractivity contribution in [3.05, 3.63) is 76.7 Å². The van der Waals surface area contributed by atoms with Gasteiger partial charge in [-0.2, -0.15) is 5.10 Å². The second-order valence-corrected chi connectivity index (χ2v) is 9.12. The first-order valence-corrected chi connectivity index (χ1v) is 11.9. The van der Waals surface area contributed by atoms with Crippen molar-refractivity contribution in [2.75, 3.05) is 13.1 Å². The van der Waals surface area contributed by atoms with E-state index in [1.165, 1.54) is 10.2 Å². The van der Waals surface area contributed by atoms with Gasteiger partial charge in [-0.1, -0.05) is 48.5 Å². The number of likely N-dealkylation sites (tertiary alicyclic amines) is 1. The lowest BCUT2D eigenvalue weighted by Gasteiger charge is -2.32. The van der Waals surface area contributed by atoms with Gasteiger partial charge < -0.3 is 9.47 Å². The summed E-state index contributed by atoms with van der Waals surface area (Å²) in [7, 11) is 1.68. The van der Waals surface area contributed by atoms with Gasteiger partial charge in [-0.3, -0.25) is 9.59 Å². The third kappa shape index (κ3) is 4.30. The largest absolute Gasteiger partial charge is 0.343 e. The molecule has 0 atom stereocenters. The number of hydrogen-bond donors (Lipinski definition) is 0. The summed E-state index contributed by atoms with van der Waals surface area (Å²) in [5, 5.41) is 6.11. The molecule has 6 heteroatoms. The zero-order valence-electron chi connectivity index (χ0n) is 19.1. The Morgan fingerprint density at radius 2 is 1.73 bits per heavy atom. The van der Waals surface area contributed by atoms with Crippen molar-refractivity contribution in [1.82, 2.24) is 19.2 Å². The fraction of sp³-hybridized carbons (Fsp3) is 0.370. The number of aromatic nitrogens is 3. The quantitative estimate of drug-likeness (QED) is 0.451. The van der Waals surface area contributed by atoms with Crippen molar-refractivity contribution in [2.24, 2.45) is 13.0 Å². The number of amides is 1. The van der Waals surface area contributed by atoms with Gasteiger partial charge >= 0.3 is 0 Å². The molecule has 0 unspecified atom stereocenters. The topological polar surface area (TPSA) is 60.1 Å². The van der Waals surface area contributed by atoms with Crippen LogP contribution in [0.25, 0.3) is 21.8 Å². The molecule has 1 saturated heterocycles. The van der Waals surface area contributed by atoms with E-state index in [-0.39, 0.29) is 11.5 Å². The number of fused-ring (bicyclic) bond motifs is 3. The van der Waals surface area contributed by atoms with E-state index in [0.29, 0.717) is 30.8 Å². The van der Waals surface area contributed by atoms with Crippen LogP contribution in [0.15, 0.2) is 65.6 Å². The van der Waals surface area contributed by atoms with E-state index in [1.54, 1.807) is 13.2 Å². The van der Waals surface area contributed by atoms with Crippen molar-refractivity contribution in [3.63, 3.8) is 0 Å². The van der Waals surface area contributed by atoms with Crippen LogP contribution < -0.4 is 5.56 Å². The van der Waals surface area contributed by atoms with E-state index < -0.39 is 0 Å². The Balaban J connectivity index is 1.22. The maximum atomic E-state index is 12.9. The minimum atomic E-state index is -0.101. The third-order valence-corrected chi connectivity index (χ3v) is 6.97. The van der Waals surface area contributed by atoms with Crippen LogP contribution in [0.5, 0.6) is 0 Å². The van der Waals surface area contributed by atoms with Gasteiger partial charge in [-0.05, 0) is 43.2 Å². The standard InChI is InChI=1S/C27H30N4O2/c1-29-27(33)26-23(19-28-29)22-10-5-6-11-24(22)31(26)15-7-12-25(32)30-16-13-21(14-17-30)18-20-8-3-2-4-9-20/h2-6,8-11,19,21H,7,12-18H2,1H3. The number of aryl methyl sites for hydroxylation is 2. The Morgan fingerprint density at radius 3 is 2.52 bits per heavy atom. The minimum Gasteiger partial charge on any atom is -0.343 e. The molecule has 170 valence electrons. The molecule has 0 spiro atoms. The molecule has 1 aliphatic heterocycles. The lowest BCUT2D eigenvalue weighted by atomic mass is 9.90. The summed E-state index contributed by atoms with van der Waals surface area (Å²) in [4.78, 5) is 27.7. The van der Waals surface area contributed by atoms with Gasteiger partial charge in [0, 0.05) is 49.4 Å². The summed E-state index contributed by atoms with van der Waals surface area (Å²) in [6.45, 7) is 2.33. The SMILES string of the molecule is Cn1ncc2c3ccccc3n(CCCC(=O)N3CCC(Cc4ccccc4)CC3)c2c1=O. The van der Waals surface area contributed by atoms with E-state index in [9.17, 15) is 9.59 Å². The second-order valence-electron chi connectivity index (χ2n) is 9.12. The Morgan fingerprint density at radius 1 is 1.00 bits per heavy atom. The van der Waals surface area contributed by atoms with E-state index in [2.05, 4.69) is 40.0 Å². The molecule has 5 rings (SSSR count). The fourth-order valence-electron chi connectivity index (χ4n) is 5.15. The maximum absolute atomic E-state index is 12.9. The van der Waals surface area contributed by atoms with Crippen LogP contribution in [0, 0.1) is 5.92 Å². The first kappa shape index (κ1) is 21.4. The number of piperidine rings is 1. The van der Waals surface area contributed by atoms with Crippen molar-refractivity contribution in [1.29, 1.82) is 0 Å². The predicted molar refractivity (Wildman–Crippen MR) is 131 cm³/mol. The summed E-state index contributed by atoms with van der Waals surface area (Å²) >= 11 is 0. The molecule has 0 aliphatic carbocycles. The third-order valence-electron chi connectivity index (χ3n) is 6.97. The van der Waals surface area contributed by atoms with Crippen molar-refractivity contribution < 1.29 is 4.79 Å². The molecule has 33 heavy (non-hydrogen) atoms. The van der Waals surface area contributed by atoms with Crippen molar-refractivity contribution in [2.45, 2.75) is 38.6 Å². The first-order valence-electron chi connectivity index (χ1n) is 11.9. The summed E-state index contributed by atoms with van der Waals surface area (Å²) in [5.74, 6) is 0.877. The minimum absolute atomic E-state index is 0.101. The van der Waals surface area contributed by atoms with Gasteiger partial charge in [0.1, 0.15) is 5.52 Å². The highest BCUT2D eigenvalue weighted by Gasteiger charge is 2.23. The lowest BCUT2D eigenvalue weighted by molar-refractivity contribution is -0.132. The molecule has 0 saturated carbocycles. The van der Waals surface area contributed by atoms with E-state index in [0.717, 1.165) is 48.6 Å². The van der Waals surface area contributed by atoms with Gasteiger partial charge in [0.15, 0.2) is 0 Å². The highest BCUT2D eigenvalue weighted by atomic mass is 16.2. The Hall–Kier alpha value is -3.41. The number of benzene rings is 2. The van der Waals surface area contributed by atoms with Crippen LogP contribution >= 0.6 is 0 Å². The average molecular weight is 443 g/mol. The number of carbonyl (C=O) groups is 1. The molecular weight excluding hydrogens is 412 g/mol. The maximum Gasteiger partial charge on any atom is 0.291 e. The first-order chi connectivity index (χ1) is 16.1. The summed E-state index contributed by atoms with van der Waals surface area (Å²) in [6.07, 6.45) is 6.21. The Kier molecular flexibility index (Phi) is 5.99. The molecule has 1 fully saturated rings. The van der Waals surface area contributed by atoms with Crippen LogP contribution in [0.1, 0.15) is 31.2 Å². The van der Waals surface area contributed by atoms with E-state index >= 15 is 0 Å². The van der Waals surface area contributed by atoms with Gasteiger partial charge in [-0.15, -0.1) is 0 Å². The molecule has 3 heterocycles. The number of para-hydroxylation sites is 1. The Bertz CT molecular complexity index is 1330. The molecular formula is C27H30N4O2. The van der Waals surface area contributed by atoms with Crippen molar-refractivity contribution >= 4 is 27.7 Å². The smallest absolute Gasteiger partial charge is 0.291 e. The van der Waals surface area contributed by atoms with Gasteiger partial charge in [0.05, 0.1) is 6.20 Å². The highest BCUT2D eigenvalue weighted by molar-refractivity contribution is 6.07. The Labute approximate surface area is 193 Å². The van der Waals surface area contributed by atoms with Crippen molar-refractivity contribution in [3.8, 4) is 0 Å². The zero-order valence-corrected chi connectivity index (χ0v) is 19.1. The normalized spacial score (nSPS) is 14.9. The molecule has 0 bridgehead atoms. The molecule has 6 nitrogen and oxygen atoms in total. The van der Waals surface area contributed by atoms with Crippen LogP contribution in [0.2, 0.25) is 0 Å². The molecule has 4 aromatic rings. The molecule has 2 aromatic heterocycles. The predicted octanol–water partition coefficient (Wildman–Crippen LogP) is 4.15. The molecule has 2 aromatic carbocycles. The zero-order chi connectivity index (χ0) is 22.8. The number of rotatable bonds is 6. The highest BCUT2D eigenvalue weighted by Crippen LogP contribution is 2.27. The van der Waals surface area contributed by atoms with Gasteiger partial charge in [-0.25, -0.2) is 4.68 Å². The number of nitrogens with zero attached hydrogens (tertiary/aromatic N) is 4. The van der Waals surface area contributed by atoms with E-state index in [4.69, 9.17) is 0 Å². The summed E-state index contributed by atoms with van der Waals surface area (Å²) < 4.78 is 3.44. The second kappa shape index (κ2) is 9.22. The summed E-state index contributed by atoms with van der Waals surface area (Å²) in [5.41, 5.74) is 2.97. The number of carbonyl (C=O) groups excluding carboxylic acids is 1. The van der Waals surface area contributed by atoms with Crippen LogP contribution in [0.4, 0.5) is 0 Å². The lowest BCUT2D eigenvalue weighted by Crippen LogP contribution is -2.38.